The van der Waals surface area contributed by atoms with Crippen molar-refractivity contribution < 1.29 is 4.79 Å². The van der Waals surface area contributed by atoms with Gasteiger partial charge >= 0.3 is 0 Å². The SMILES string of the molecule is Cl.O=C(NCCC1CC1)c1ccn(C2CCCNC2)n1. The predicted molar refractivity (Wildman–Crippen MR) is 80.3 cm³/mol. The van der Waals surface area contributed by atoms with E-state index in [1.807, 2.05) is 16.9 Å². The number of aromatic nitrogens is 2. The van der Waals surface area contributed by atoms with Crippen molar-refractivity contribution in [3.05, 3.63) is 18.0 Å². The second kappa shape index (κ2) is 7.09. The molecule has 1 saturated carbocycles. The summed E-state index contributed by atoms with van der Waals surface area (Å²) in [6.07, 6.45) is 8.01. The molecule has 20 heavy (non-hydrogen) atoms. The van der Waals surface area contributed by atoms with Crippen LogP contribution in [0.25, 0.3) is 0 Å². The summed E-state index contributed by atoms with van der Waals surface area (Å²) in [6.45, 7) is 2.82. The quantitative estimate of drug-likeness (QED) is 0.871. The molecule has 5 nitrogen and oxygen atoms in total. The summed E-state index contributed by atoms with van der Waals surface area (Å²) in [5.74, 6) is 0.814. The van der Waals surface area contributed by atoms with E-state index in [4.69, 9.17) is 0 Å². The van der Waals surface area contributed by atoms with Crippen LogP contribution >= 0.6 is 12.4 Å². The van der Waals surface area contributed by atoms with Gasteiger partial charge in [0.2, 0.25) is 0 Å². The van der Waals surface area contributed by atoms with Gasteiger partial charge in [-0.25, -0.2) is 0 Å². The summed E-state index contributed by atoms with van der Waals surface area (Å²) in [7, 11) is 0. The second-order valence-corrected chi connectivity index (χ2v) is 5.67. The lowest BCUT2D eigenvalue weighted by molar-refractivity contribution is 0.0946. The Balaban J connectivity index is 0.00000147. The molecule has 3 rings (SSSR count). The Morgan fingerprint density at radius 3 is 3.00 bits per heavy atom. The van der Waals surface area contributed by atoms with E-state index in [1.165, 1.54) is 19.3 Å². The summed E-state index contributed by atoms with van der Waals surface area (Å²) in [5, 5.41) is 10.7. The highest BCUT2D eigenvalue weighted by atomic mass is 35.5. The molecular weight excluding hydrogens is 276 g/mol. The van der Waals surface area contributed by atoms with E-state index in [0.29, 0.717) is 11.7 Å². The lowest BCUT2D eigenvalue weighted by atomic mass is 10.1. The van der Waals surface area contributed by atoms with Crippen LogP contribution in [0.3, 0.4) is 0 Å². The maximum atomic E-state index is 11.9. The van der Waals surface area contributed by atoms with Gasteiger partial charge in [-0.05, 0) is 37.8 Å². The molecule has 1 amide bonds. The minimum absolute atomic E-state index is 0. The molecule has 112 valence electrons. The lowest BCUT2D eigenvalue weighted by Crippen LogP contribution is -2.32. The lowest BCUT2D eigenvalue weighted by Gasteiger charge is -2.22. The van der Waals surface area contributed by atoms with E-state index in [9.17, 15) is 4.79 Å². The van der Waals surface area contributed by atoms with Crippen LogP contribution in [0.2, 0.25) is 0 Å². The first-order chi connectivity index (χ1) is 9.33. The molecule has 0 radical (unpaired) electrons. The van der Waals surface area contributed by atoms with Gasteiger partial charge in [-0.15, -0.1) is 12.4 Å². The molecule has 1 saturated heterocycles. The first-order valence-electron chi connectivity index (χ1n) is 7.37. The molecule has 0 spiro atoms. The van der Waals surface area contributed by atoms with Crippen LogP contribution < -0.4 is 10.6 Å². The number of piperidine rings is 1. The standard InChI is InChI=1S/C14H22N4O.ClH/c19-14(16-8-5-11-3-4-11)13-6-9-18(17-13)12-2-1-7-15-10-12;/h6,9,11-12,15H,1-5,7-8,10H2,(H,16,19);1H. The zero-order valence-corrected chi connectivity index (χ0v) is 12.5. The number of nitrogens with zero attached hydrogens (tertiary/aromatic N) is 2. The Labute approximate surface area is 125 Å². The molecule has 2 heterocycles. The Hall–Kier alpha value is -1.07. The smallest absolute Gasteiger partial charge is 0.271 e. The summed E-state index contributed by atoms with van der Waals surface area (Å²) in [4.78, 5) is 11.9. The molecular formula is C14H23ClN4O. The third kappa shape index (κ3) is 3.96. The minimum Gasteiger partial charge on any atom is -0.351 e. The van der Waals surface area contributed by atoms with Gasteiger partial charge in [0.25, 0.3) is 5.91 Å². The molecule has 0 aromatic carbocycles. The van der Waals surface area contributed by atoms with E-state index >= 15 is 0 Å². The second-order valence-electron chi connectivity index (χ2n) is 5.67. The fraction of sp³-hybridized carbons (Fsp3) is 0.714. The molecule has 1 unspecified atom stereocenters. The highest BCUT2D eigenvalue weighted by Crippen LogP contribution is 2.31. The van der Waals surface area contributed by atoms with Gasteiger partial charge in [-0.3, -0.25) is 9.48 Å². The number of carbonyl (C=O) groups is 1. The molecule has 0 bridgehead atoms. The van der Waals surface area contributed by atoms with Gasteiger partial charge in [-0.1, -0.05) is 12.8 Å². The summed E-state index contributed by atoms with van der Waals surface area (Å²) in [6, 6.07) is 2.21. The van der Waals surface area contributed by atoms with Crippen molar-refractivity contribution in [2.24, 2.45) is 5.92 Å². The van der Waals surface area contributed by atoms with Crippen LogP contribution in [0.5, 0.6) is 0 Å². The molecule has 1 aliphatic carbocycles. The van der Waals surface area contributed by atoms with E-state index in [1.54, 1.807) is 0 Å². The molecule has 6 heteroatoms. The molecule has 1 aromatic heterocycles. The predicted octanol–water partition coefficient (Wildman–Crippen LogP) is 1.76. The zero-order valence-electron chi connectivity index (χ0n) is 11.7. The maximum Gasteiger partial charge on any atom is 0.271 e. The van der Waals surface area contributed by atoms with Crippen LogP contribution in [0.1, 0.15) is 48.6 Å². The topological polar surface area (TPSA) is 59.0 Å². The Bertz CT molecular complexity index is 438. The maximum absolute atomic E-state index is 11.9. The number of carbonyl (C=O) groups excluding carboxylic acids is 1. The van der Waals surface area contributed by atoms with Crippen LogP contribution in [0.15, 0.2) is 12.3 Å². The molecule has 2 fully saturated rings. The van der Waals surface area contributed by atoms with Gasteiger partial charge in [0.05, 0.1) is 6.04 Å². The van der Waals surface area contributed by atoms with Gasteiger partial charge < -0.3 is 10.6 Å². The van der Waals surface area contributed by atoms with Crippen molar-refractivity contribution in [3.8, 4) is 0 Å². The van der Waals surface area contributed by atoms with E-state index in [-0.39, 0.29) is 18.3 Å². The zero-order chi connectivity index (χ0) is 13.1. The van der Waals surface area contributed by atoms with E-state index in [0.717, 1.165) is 38.4 Å². The average molecular weight is 299 g/mol. The molecule has 2 N–H and O–H groups in total. The number of halogens is 1. The summed E-state index contributed by atoms with van der Waals surface area (Å²) in [5.41, 5.74) is 0.543. The number of rotatable bonds is 5. The van der Waals surface area contributed by atoms with Gasteiger partial charge in [-0.2, -0.15) is 5.10 Å². The van der Waals surface area contributed by atoms with Gasteiger partial charge in [0.15, 0.2) is 0 Å². The minimum atomic E-state index is -0.0387. The van der Waals surface area contributed by atoms with E-state index in [2.05, 4.69) is 15.7 Å². The van der Waals surface area contributed by atoms with Crippen molar-refractivity contribution in [2.45, 2.75) is 38.1 Å². The van der Waals surface area contributed by atoms with Gasteiger partial charge in [0, 0.05) is 19.3 Å². The first-order valence-corrected chi connectivity index (χ1v) is 7.37. The highest BCUT2D eigenvalue weighted by Gasteiger charge is 2.21. The molecule has 1 aliphatic heterocycles. The van der Waals surface area contributed by atoms with Crippen molar-refractivity contribution in [1.29, 1.82) is 0 Å². The highest BCUT2D eigenvalue weighted by molar-refractivity contribution is 5.92. The van der Waals surface area contributed by atoms with Crippen molar-refractivity contribution in [2.75, 3.05) is 19.6 Å². The number of amides is 1. The fourth-order valence-electron chi connectivity index (χ4n) is 2.61. The molecule has 2 aliphatic rings. The average Bonchev–Trinajstić information content (AvgIpc) is 3.13. The van der Waals surface area contributed by atoms with Crippen molar-refractivity contribution >= 4 is 18.3 Å². The Kier molecular flexibility index (Phi) is 5.43. The van der Waals surface area contributed by atoms with Gasteiger partial charge in [0.1, 0.15) is 5.69 Å². The van der Waals surface area contributed by atoms with Crippen molar-refractivity contribution in [3.63, 3.8) is 0 Å². The summed E-state index contributed by atoms with van der Waals surface area (Å²) >= 11 is 0. The van der Waals surface area contributed by atoms with Crippen LogP contribution in [-0.2, 0) is 0 Å². The third-order valence-corrected chi connectivity index (χ3v) is 4.02. The number of nitrogens with one attached hydrogen (secondary N) is 2. The fourth-order valence-corrected chi connectivity index (χ4v) is 2.61. The monoisotopic (exact) mass is 298 g/mol. The first kappa shape index (κ1) is 15.3. The third-order valence-electron chi connectivity index (χ3n) is 4.02. The van der Waals surface area contributed by atoms with E-state index < -0.39 is 0 Å². The molecule has 1 aromatic rings. The summed E-state index contributed by atoms with van der Waals surface area (Å²) < 4.78 is 1.93. The Morgan fingerprint density at radius 2 is 2.30 bits per heavy atom. The van der Waals surface area contributed by atoms with Crippen LogP contribution in [-0.4, -0.2) is 35.3 Å². The van der Waals surface area contributed by atoms with Crippen LogP contribution in [0.4, 0.5) is 0 Å². The molecule has 1 atom stereocenters. The Morgan fingerprint density at radius 1 is 1.45 bits per heavy atom. The number of hydrogen-bond acceptors (Lipinski definition) is 3. The largest absolute Gasteiger partial charge is 0.351 e. The van der Waals surface area contributed by atoms with Crippen molar-refractivity contribution in [1.82, 2.24) is 20.4 Å². The number of hydrogen-bond donors (Lipinski definition) is 2. The van der Waals surface area contributed by atoms with Crippen LogP contribution in [0, 0.1) is 5.92 Å². The normalized spacial score (nSPS) is 22.1.